The number of carbonyl (C=O) groups is 1. The third kappa shape index (κ3) is 2.98. The van der Waals surface area contributed by atoms with E-state index in [1.165, 1.54) is 17.3 Å². The van der Waals surface area contributed by atoms with Crippen molar-refractivity contribution in [3.63, 3.8) is 0 Å². The average molecular weight is 313 g/mol. The minimum atomic E-state index is -3.95. The molecule has 2 rings (SSSR count). The predicted molar refractivity (Wildman–Crippen MR) is 75.2 cm³/mol. The zero-order chi connectivity index (χ0) is 15.8. The van der Waals surface area contributed by atoms with Crippen molar-refractivity contribution < 1.29 is 22.7 Å². The third-order valence-corrected chi connectivity index (χ3v) is 5.44. The Hall–Kier alpha value is -1.73. The highest BCUT2D eigenvalue weighted by molar-refractivity contribution is 7.89. The zero-order valence-electron chi connectivity index (χ0n) is 11.5. The molecule has 21 heavy (non-hydrogen) atoms. The summed E-state index contributed by atoms with van der Waals surface area (Å²) in [6.45, 7) is 4.97. The molecule has 1 fully saturated rings. The Labute approximate surface area is 122 Å². The summed E-state index contributed by atoms with van der Waals surface area (Å²) in [6, 6.07) is 1.71. The SMILES string of the molecule is C=CCN(C1CC1)S(=O)(=O)c1cc(C(=O)O)cc(F)c1C. The number of rotatable bonds is 6. The van der Waals surface area contributed by atoms with Gasteiger partial charge in [-0.05, 0) is 31.9 Å². The van der Waals surface area contributed by atoms with Crippen LogP contribution >= 0.6 is 0 Å². The van der Waals surface area contributed by atoms with Gasteiger partial charge in [-0.3, -0.25) is 0 Å². The van der Waals surface area contributed by atoms with Crippen LogP contribution in [0.15, 0.2) is 29.7 Å². The quantitative estimate of drug-likeness (QED) is 0.817. The maximum absolute atomic E-state index is 13.8. The van der Waals surface area contributed by atoms with Crippen molar-refractivity contribution in [1.29, 1.82) is 0 Å². The number of hydrogen-bond donors (Lipinski definition) is 1. The van der Waals surface area contributed by atoms with Crippen molar-refractivity contribution in [1.82, 2.24) is 4.31 Å². The number of sulfonamides is 1. The molecule has 0 saturated heterocycles. The monoisotopic (exact) mass is 313 g/mol. The van der Waals surface area contributed by atoms with Gasteiger partial charge in [0.15, 0.2) is 0 Å². The normalized spacial score (nSPS) is 15.2. The lowest BCUT2D eigenvalue weighted by Crippen LogP contribution is -2.34. The maximum Gasteiger partial charge on any atom is 0.335 e. The summed E-state index contributed by atoms with van der Waals surface area (Å²) in [6.07, 6.45) is 2.95. The molecule has 0 radical (unpaired) electrons. The fourth-order valence-electron chi connectivity index (χ4n) is 2.10. The van der Waals surface area contributed by atoms with Crippen LogP contribution in [0.3, 0.4) is 0 Å². The summed E-state index contributed by atoms with van der Waals surface area (Å²) in [4.78, 5) is 10.7. The van der Waals surface area contributed by atoms with Crippen LogP contribution in [-0.4, -0.2) is 36.4 Å². The van der Waals surface area contributed by atoms with Gasteiger partial charge < -0.3 is 5.11 Å². The Morgan fingerprint density at radius 3 is 2.62 bits per heavy atom. The van der Waals surface area contributed by atoms with E-state index in [1.807, 2.05) is 0 Å². The largest absolute Gasteiger partial charge is 0.478 e. The Bertz CT molecular complexity index is 695. The van der Waals surface area contributed by atoms with E-state index in [0.717, 1.165) is 25.0 Å². The lowest BCUT2D eigenvalue weighted by atomic mass is 10.1. The number of halogens is 1. The summed E-state index contributed by atoms with van der Waals surface area (Å²) in [5.41, 5.74) is -0.458. The Morgan fingerprint density at radius 2 is 2.14 bits per heavy atom. The maximum atomic E-state index is 13.8. The van der Waals surface area contributed by atoms with E-state index in [4.69, 9.17) is 5.11 Å². The van der Waals surface area contributed by atoms with Crippen molar-refractivity contribution in [3.8, 4) is 0 Å². The molecule has 5 nitrogen and oxygen atoms in total. The molecule has 1 aromatic carbocycles. The number of nitrogens with zero attached hydrogens (tertiary/aromatic N) is 1. The first-order valence-electron chi connectivity index (χ1n) is 6.45. The smallest absolute Gasteiger partial charge is 0.335 e. The van der Waals surface area contributed by atoms with Crippen LogP contribution in [0.5, 0.6) is 0 Å². The molecule has 1 aromatic rings. The highest BCUT2D eigenvalue weighted by Gasteiger charge is 2.38. The fourth-order valence-corrected chi connectivity index (χ4v) is 4.02. The van der Waals surface area contributed by atoms with Gasteiger partial charge in [-0.25, -0.2) is 17.6 Å². The molecule has 1 N–H and O–H groups in total. The van der Waals surface area contributed by atoms with E-state index in [-0.39, 0.29) is 28.6 Å². The molecule has 1 aliphatic carbocycles. The molecular formula is C14H16FNO4S. The Morgan fingerprint density at radius 1 is 1.52 bits per heavy atom. The van der Waals surface area contributed by atoms with Crippen LogP contribution in [0.4, 0.5) is 4.39 Å². The summed E-state index contributed by atoms with van der Waals surface area (Å²) in [5, 5.41) is 8.96. The first-order valence-corrected chi connectivity index (χ1v) is 7.89. The Kier molecular flexibility index (Phi) is 4.15. The zero-order valence-corrected chi connectivity index (χ0v) is 12.4. The van der Waals surface area contributed by atoms with Gasteiger partial charge in [-0.15, -0.1) is 6.58 Å². The molecule has 0 spiro atoms. The molecule has 114 valence electrons. The van der Waals surface area contributed by atoms with Crippen molar-refractivity contribution in [2.75, 3.05) is 6.54 Å². The first-order chi connectivity index (χ1) is 9.78. The van der Waals surface area contributed by atoms with E-state index >= 15 is 0 Å². The average Bonchev–Trinajstić information content (AvgIpc) is 3.22. The number of benzene rings is 1. The van der Waals surface area contributed by atoms with Crippen LogP contribution < -0.4 is 0 Å². The van der Waals surface area contributed by atoms with E-state index < -0.39 is 21.8 Å². The summed E-state index contributed by atoms with van der Waals surface area (Å²) in [7, 11) is -3.95. The molecule has 1 saturated carbocycles. The lowest BCUT2D eigenvalue weighted by Gasteiger charge is -2.21. The topological polar surface area (TPSA) is 74.7 Å². The molecule has 1 aliphatic rings. The highest BCUT2D eigenvalue weighted by atomic mass is 32.2. The second kappa shape index (κ2) is 5.57. The van der Waals surface area contributed by atoms with Crippen LogP contribution in [-0.2, 0) is 10.0 Å². The van der Waals surface area contributed by atoms with Crippen molar-refractivity contribution in [2.24, 2.45) is 0 Å². The second-order valence-corrected chi connectivity index (χ2v) is 6.84. The van der Waals surface area contributed by atoms with Crippen molar-refractivity contribution >= 4 is 16.0 Å². The van der Waals surface area contributed by atoms with Gasteiger partial charge in [-0.1, -0.05) is 6.08 Å². The predicted octanol–water partition coefficient (Wildman–Crippen LogP) is 2.17. The van der Waals surface area contributed by atoms with E-state index in [1.54, 1.807) is 0 Å². The molecule has 0 heterocycles. The standard InChI is InChI=1S/C14H16FNO4S/c1-3-6-16(11-4-5-11)21(19,20)13-8-10(14(17)18)7-12(15)9(13)2/h3,7-8,11H,1,4-6H2,2H3,(H,17,18). The van der Waals surface area contributed by atoms with Gasteiger partial charge in [-0.2, -0.15) is 4.31 Å². The van der Waals surface area contributed by atoms with Crippen LogP contribution in [0.1, 0.15) is 28.8 Å². The van der Waals surface area contributed by atoms with E-state index in [2.05, 4.69) is 6.58 Å². The molecular weight excluding hydrogens is 297 g/mol. The van der Waals surface area contributed by atoms with Crippen molar-refractivity contribution in [3.05, 3.63) is 41.7 Å². The first kappa shape index (κ1) is 15.7. The molecule has 0 unspecified atom stereocenters. The van der Waals surface area contributed by atoms with Gasteiger partial charge in [0.1, 0.15) is 5.82 Å². The summed E-state index contributed by atoms with van der Waals surface area (Å²) >= 11 is 0. The lowest BCUT2D eigenvalue weighted by molar-refractivity contribution is 0.0696. The van der Waals surface area contributed by atoms with Gasteiger partial charge >= 0.3 is 5.97 Å². The summed E-state index contributed by atoms with van der Waals surface area (Å²) in [5.74, 6) is -2.21. The highest BCUT2D eigenvalue weighted by Crippen LogP contribution is 2.33. The van der Waals surface area contributed by atoms with Gasteiger partial charge in [0, 0.05) is 18.2 Å². The number of carboxylic acid groups (broad SMARTS) is 1. The number of aromatic carboxylic acids is 1. The van der Waals surface area contributed by atoms with Crippen LogP contribution in [0, 0.1) is 12.7 Å². The van der Waals surface area contributed by atoms with Crippen LogP contribution in [0.25, 0.3) is 0 Å². The van der Waals surface area contributed by atoms with E-state index in [0.29, 0.717) is 0 Å². The minimum Gasteiger partial charge on any atom is -0.478 e. The molecule has 0 aliphatic heterocycles. The summed E-state index contributed by atoms with van der Waals surface area (Å²) < 4.78 is 40.4. The fraction of sp³-hybridized carbons (Fsp3) is 0.357. The van der Waals surface area contributed by atoms with Gasteiger partial charge in [0.25, 0.3) is 0 Å². The number of carboxylic acids is 1. The molecule has 0 bridgehead atoms. The molecule has 7 heteroatoms. The van der Waals surface area contributed by atoms with Crippen LogP contribution in [0.2, 0.25) is 0 Å². The third-order valence-electron chi connectivity index (χ3n) is 3.39. The van der Waals surface area contributed by atoms with Gasteiger partial charge in [0.2, 0.25) is 10.0 Å². The minimum absolute atomic E-state index is 0.0743. The molecule has 0 aromatic heterocycles. The molecule has 0 atom stereocenters. The Balaban J connectivity index is 2.57. The van der Waals surface area contributed by atoms with E-state index in [9.17, 15) is 17.6 Å². The molecule has 0 amide bonds. The number of hydrogen-bond acceptors (Lipinski definition) is 3. The van der Waals surface area contributed by atoms with Crippen molar-refractivity contribution in [2.45, 2.75) is 30.7 Å². The van der Waals surface area contributed by atoms with Gasteiger partial charge in [0.05, 0.1) is 10.5 Å². The second-order valence-electron chi connectivity index (χ2n) is 4.98.